The van der Waals surface area contributed by atoms with Crippen LogP contribution in [0, 0.1) is 0 Å². The molecule has 2 aromatic heterocycles. The summed E-state index contributed by atoms with van der Waals surface area (Å²) in [7, 11) is 2.05. The second-order valence-electron chi connectivity index (χ2n) is 4.96. The van der Waals surface area contributed by atoms with Gasteiger partial charge < -0.3 is 9.72 Å². The number of carbonyl (C=O) groups is 1. The lowest BCUT2D eigenvalue weighted by Gasteiger charge is -2.13. The van der Waals surface area contributed by atoms with Crippen LogP contribution < -0.4 is 0 Å². The van der Waals surface area contributed by atoms with E-state index in [1.165, 1.54) is 0 Å². The second kappa shape index (κ2) is 5.09. The highest BCUT2D eigenvalue weighted by Gasteiger charge is 2.26. The van der Waals surface area contributed by atoms with E-state index in [2.05, 4.69) is 28.0 Å². The van der Waals surface area contributed by atoms with Gasteiger partial charge in [-0.2, -0.15) is 0 Å². The molecule has 0 fully saturated rings. The fraction of sp³-hybridized carbons (Fsp3) is 0.333. The highest BCUT2D eigenvalue weighted by molar-refractivity contribution is 5.98. The summed E-state index contributed by atoms with van der Waals surface area (Å²) in [5.41, 5.74) is 4.45. The SMILES string of the molecule is CCOC(=O)c1c[nH]c2c1-c1ncccc1CN(C)C2. The summed E-state index contributed by atoms with van der Waals surface area (Å²) >= 11 is 0. The zero-order chi connectivity index (χ0) is 14.1. The highest BCUT2D eigenvalue weighted by atomic mass is 16.5. The Bertz CT molecular complexity index is 648. The van der Waals surface area contributed by atoms with E-state index >= 15 is 0 Å². The van der Waals surface area contributed by atoms with E-state index in [9.17, 15) is 4.79 Å². The smallest absolute Gasteiger partial charge is 0.340 e. The standard InChI is InChI=1S/C15H17N3O2/c1-3-20-15(19)11-7-17-12-9-18(2)8-10-5-4-6-16-14(10)13(11)12/h4-7,17H,3,8-9H2,1-2H3. The molecule has 5 heteroatoms. The van der Waals surface area contributed by atoms with Crippen molar-refractivity contribution >= 4 is 5.97 Å². The van der Waals surface area contributed by atoms with E-state index in [1.807, 2.05) is 13.0 Å². The van der Waals surface area contributed by atoms with Crippen molar-refractivity contribution in [3.8, 4) is 11.3 Å². The number of nitrogens with zero attached hydrogens (tertiary/aromatic N) is 2. The van der Waals surface area contributed by atoms with Crippen LogP contribution in [0.15, 0.2) is 24.5 Å². The number of rotatable bonds is 2. The number of fused-ring (bicyclic) bond motifs is 3. The first-order chi connectivity index (χ1) is 9.70. The Morgan fingerprint density at radius 2 is 2.35 bits per heavy atom. The molecule has 0 spiro atoms. The van der Waals surface area contributed by atoms with Crippen molar-refractivity contribution < 1.29 is 9.53 Å². The lowest BCUT2D eigenvalue weighted by Crippen LogP contribution is -2.15. The van der Waals surface area contributed by atoms with Gasteiger partial charge in [0.05, 0.1) is 17.9 Å². The van der Waals surface area contributed by atoms with Gasteiger partial charge in [0.2, 0.25) is 0 Å². The van der Waals surface area contributed by atoms with Crippen LogP contribution in [-0.2, 0) is 17.8 Å². The van der Waals surface area contributed by atoms with E-state index in [4.69, 9.17) is 4.74 Å². The predicted molar refractivity (Wildman–Crippen MR) is 75.2 cm³/mol. The Morgan fingerprint density at radius 3 is 3.15 bits per heavy atom. The maximum atomic E-state index is 12.1. The van der Waals surface area contributed by atoms with E-state index in [1.54, 1.807) is 12.4 Å². The van der Waals surface area contributed by atoms with Gasteiger partial charge in [-0.3, -0.25) is 9.88 Å². The number of aromatic nitrogens is 2. The van der Waals surface area contributed by atoms with Crippen molar-refractivity contribution in [3.05, 3.63) is 41.3 Å². The third-order valence-electron chi connectivity index (χ3n) is 3.45. The van der Waals surface area contributed by atoms with Crippen LogP contribution in [0.2, 0.25) is 0 Å². The van der Waals surface area contributed by atoms with Gasteiger partial charge >= 0.3 is 5.97 Å². The van der Waals surface area contributed by atoms with Gasteiger partial charge in [-0.15, -0.1) is 0 Å². The summed E-state index contributed by atoms with van der Waals surface area (Å²) in [6.07, 6.45) is 3.48. The monoisotopic (exact) mass is 271 g/mol. The predicted octanol–water partition coefficient (Wildman–Crippen LogP) is 2.20. The molecule has 0 aromatic carbocycles. The quantitative estimate of drug-likeness (QED) is 0.851. The summed E-state index contributed by atoms with van der Waals surface area (Å²) in [6, 6.07) is 3.98. The molecule has 0 radical (unpaired) electrons. The molecule has 3 heterocycles. The molecule has 0 unspecified atom stereocenters. The van der Waals surface area contributed by atoms with Crippen LogP contribution >= 0.6 is 0 Å². The Kier molecular flexibility index (Phi) is 3.28. The van der Waals surface area contributed by atoms with Crippen molar-refractivity contribution in [3.63, 3.8) is 0 Å². The highest BCUT2D eigenvalue weighted by Crippen LogP contribution is 2.33. The fourth-order valence-electron chi connectivity index (χ4n) is 2.64. The Balaban J connectivity index is 2.17. The molecule has 0 saturated carbocycles. The lowest BCUT2D eigenvalue weighted by atomic mass is 10.0. The molecule has 0 atom stereocenters. The molecule has 1 aliphatic rings. The molecule has 104 valence electrons. The third-order valence-corrected chi connectivity index (χ3v) is 3.45. The Labute approximate surface area is 117 Å². The van der Waals surface area contributed by atoms with Crippen LogP contribution in [0.1, 0.15) is 28.5 Å². The van der Waals surface area contributed by atoms with Gasteiger partial charge in [-0.05, 0) is 25.6 Å². The van der Waals surface area contributed by atoms with Crippen molar-refractivity contribution in [2.24, 2.45) is 0 Å². The van der Waals surface area contributed by atoms with Crippen LogP contribution in [0.25, 0.3) is 11.3 Å². The van der Waals surface area contributed by atoms with Crippen LogP contribution in [0.5, 0.6) is 0 Å². The van der Waals surface area contributed by atoms with Crippen molar-refractivity contribution in [2.75, 3.05) is 13.7 Å². The number of hydrogen-bond donors (Lipinski definition) is 1. The number of aromatic amines is 1. The average Bonchev–Trinajstić information content (AvgIpc) is 2.77. The number of ether oxygens (including phenoxy) is 1. The van der Waals surface area contributed by atoms with Crippen molar-refractivity contribution in [1.29, 1.82) is 0 Å². The first-order valence-electron chi connectivity index (χ1n) is 6.71. The fourth-order valence-corrected chi connectivity index (χ4v) is 2.64. The third kappa shape index (κ3) is 2.10. The minimum atomic E-state index is -0.300. The number of esters is 1. The molecule has 0 saturated heterocycles. The van der Waals surface area contributed by atoms with Gasteiger partial charge in [0.1, 0.15) is 0 Å². The first kappa shape index (κ1) is 12.9. The van der Waals surface area contributed by atoms with Gasteiger partial charge in [0, 0.05) is 36.7 Å². The van der Waals surface area contributed by atoms with Gasteiger partial charge in [0.15, 0.2) is 0 Å². The molecule has 0 amide bonds. The molecule has 20 heavy (non-hydrogen) atoms. The molecule has 5 nitrogen and oxygen atoms in total. The van der Waals surface area contributed by atoms with Crippen molar-refractivity contribution in [1.82, 2.24) is 14.9 Å². The molecule has 2 aromatic rings. The van der Waals surface area contributed by atoms with E-state index in [0.717, 1.165) is 35.6 Å². The minimum Gasteiger partial charge on any atom is -0.462 e. The molecule has 3 rings (SSSR count). The summed E-state index contributed by atoms with van der Waals surface area (Å²) in [4.78, 5) is 22.0. The van der Waals surface area contributed by atoms with Crippen LogP contribution in [0.4, 0.5) is 0 Å². The number of nitrogens with one attached hydrogen (secondary N) is 1. The minimum absolute atomic E-state index is 0.300. The van der Waals surface area contributed by atoms with Gasteiger partial charge in [-0.1, -0.05) is 6.07 Å². The maximum absolute atomic E-state index is 12.1. The second-order valence-corrected chi connectivity index (χ2v) is 4.96. The zero-order valence-corrected chi connectivity index (χ0v) is 11.6. The van der Waals surface area contributed by atoms with E-state index in [0.29, 0.717) is 12.2 Å². The first-order valence-corrected chi connectivity index (χ1v) is 6.71. The molecule has 1 N–H and O–H groups in total. The van der Waals surface area contributed by atoms with Gasteiger partial charge in [0.25, 0.3) is 0 Å². The van der Waals surface area contributed by atoms with Gasteiger partial charge in [-0.25, -0.2) is 4.79 Å². The Hall–Kier alpha value is -2.14. The normalized spacial score (nSPS) is 14.3. The summed E-state index contributed by atoms with van der Waals surface area (Å²) < 4.78 is 5.13. The molecule has 1 aliphatic heterocycles. The largest absolute Gasteiger partial charge is 0.462 e. The van der Waals surface area contributed by atoms with Crippen molar-refractivity contribution in [2.45, 2.75) is 20.0 Å². The molecule has 0 aliphatic carbocycles. The topological polar surface area (TPSA) is 58.2 Å². The van der Waals surface area contributed by atoms with E-state index < -0.39 is 0 Å². The van der Waals surface area contributed by atoms with Crippen LogP contribution in [0.3, 0.4) is 0 Å². The summed E-state index contributed by atoms with van der Waals surface area (Å²) in [5.74, 6) is -0.300. The number of hydrogen-bond acceptors (Lipinski definition) is 4. The molecular formula is C15H17N3O2. The summed E-state index contributed by atoms with van der Waals surface area (Å²) in [5, 5.41) is 0. The maximum Gasteiger partial charge on any atom is 0.340 e. The molecule has 0 bridgehead atoms. The number of carbonyl (C=O) groups excluding carboxylic acids is 1. The molecular weight excluding hydrogens is 254 g/mol. The Morgan fingerprint density at radius 1 is 1.50 bits per heavy atom. The summed E-state index contributed by atoms with van der Waals surface area (Å²) in [6.45, 7) is 3.75. The lowest BCUT2D eigenvalue weighted by molar-refractivity contribution is 0.0527. The average molecular weight is 271 g/mol. The van der Waals surface area contributed by atoms with E-state index in [-0.39, 0.29) is 5.97 Å². The number of pyridine rings is 1. The zero-order valence-electron chi connectivity index (χ0n) is 11.6. The number of H-pyrrole nitrogens is 1. The van der Waals surface area contributed by atoms with Crippen LogP contribution in [-0.4, -0.2) is 34.5 Å².